The Morgan fingerprint density at radius 3 is 2.54 bits per heavy atom. The number of carbonyl (C=O) groups excluding carboxylic acids is 1. The van der Waals surface area contributed by atoms with Crippen molar-refractivity contribution in [2.45, 2.75) is 20.3 Å². The van der Waals surface area contributed by atoms with Gasteiger partial charge >= 0.3 is 0 Å². The van der Waals surface area contributed by atoms with Crippen molar-refractivity contribution in [1.82, 2.24) is 10.3 Å². The summed E-state index contributed by atoms with van der Waals surface area (Å²) in [5.74, 6) is 0. The van der Waals surface area contributed by atoms with Gasteiger partial charge in [0.2, 0.25) is 6.41 Å². The van der Waals surface area contributed by atoms with Gasteiger partial charge in [0.25, 0.3) is 0 Å². The molecule has 0 fully saturated rings. The maximum atomic E-state index is 9.45. The topological polar surface area (TPSA) is 42.0 Å². The summed E-state index contributed by atoms with van der Waals surface area (Å²) in [5, 5.41) is 2.52. The SMILES string of the molecule is CCCNC=O.Cc1ccccn1. The molecule has 0 atom stereocenters. The molecule has 0 radical (unpaired) electrons. The van der Waals surface area contributed by atoms with Crippen LogP contribution in [0.1, 0.15) is 19.0 Å². The van der Waals surface area contributed by atoms with Gasteiger partial charge < -0.3 is 5.32 Å². The molecule has 0 saturated heterocycles. The third kappa shape index (κ3) is 8.53. The molecule has 0 bridgehead atoms. The molecule has 0 aliphatic heterocycles. The van der Waals surface area contributed by atoms with E-state index in [0.717, 1.165) is 18.7 Å². The summed E-state index contributed by atoms with van der Waals surface area (Å²) in [6.45, 7) is 4.78. The second-order valence-electron chi connectivity index (χ2n) is 2.54. The Kier molecular flexibility index (Phi) is 7.79. The van der Waals surface area contributed by atoms with E-state index in [0.29, 0.717) is 6.41 Å². The molecule has 13 heavy (non-hydrogen) atoms. The molecule has 0 aliphatic rings. The van der Waals surface area contributed by atoms with Crippen LogP contribution in [0.5, 0.6) is 0 Å². The Balaban J connectivity index is 0.000000226. The van der Waals surface area contributed by atoms with Gasteiger partial charge in [0.15, 0.2) is 0 Å². The van der Waals surface area contributed by atoms with Crippen LogP contribution in [0.25, 0.3) is 0 Å². The molecule has 1 N–H and O–H groups in total. The molecule has 1 heterocycles. The van der Waals surface area contributed by atoms with Crippen molar-refractivity contribution in [2.24, 2.45) is 0 Å². The van der Waals surface area contributed by atoms with E-state index in [-0.39, 0.29) is 0 Å². The van der Waals surface area contributed by atoms with E-state index < -0.39 is 0 Å². The first kappa shape index (κ1) is 11.6. The molecule has 0 aromatic carbocycles. The van der Waals surface area contributed by atoms with Gasteiger partial charge in [0.1, 0.15) is 0 Å². The fraction of sp³-hybridized carbons (Fsp3) is 0.400. The zero-order chi connectivity index (χ0) is 9.94. The highest BCUT2D eigenvalue weighted by molar-refractivity contribution is 5.45. The van der Waals surface area contributed by atoms with Crippen LogP contribution in [0.3, 0.4) is 0 Å². The van der Waals surface area contributed by atoms with Gasteiger partial charge in [-0.1, -0.05) is 13.0 Å². The van der Waals surface area contributed by atoms with Crippen LogP contribution < -0.4 is 5.32 Å². The van der Waals surface area contributed by atoms with Crippen LogP contribution in [0.2, 0.25) is 0 Å². The molecule has 1 rings (SSSR count). The van der Waals surface area contributed by atoms with Crippen LogP contribution in [0.4, 0.5) is 0 Å². The van der Waals surface area contributed by atoms with E-state index in [1.54, 1.807) is 6.20 Å². The number of pyridine rings is 1. The fourth-order valence-corrected chi connectivity index (χ4v) is 0.651. The van der Waals surface area contributed by atoms with Gasteiger partial charge in [0.05, 0.1) is 0 Å². The molecule has 0 saturated carbocycles. The van der Waals surface area contributed by atoms with Crippen molar-refractivity contribution in [2.75, 3.05) is 6.54 Å². The van der Waals surface area contributed by atoms with Gasteiger partial charge in [-0.3, -0.25) is 9.78 Å². The molecule has 3 nitrogen and oxygen atoms in total. The first-order chi connectivity index (χ1) is 6.31. The number of amides is 1. The van der Waals surface area contributed by atoms with E-state index in [9.17, 15) is 4.79 Å². The molecule has 3 heteroatoms. The van der Waals surface area contributed by atoms with Crippen molar-refractivity contribution in [1.29, 1.82) is 0 Å². The maximum Gasteiger partial charge on any atom is 0.207 e. The number of nitrogens with one attached hydrogen (secondary N) is 1. The Labute approximate surface area is 79.2 Å². The minimum absolute atomic E-state index is 0.712. The third-order valence-corrected chi connectivity index (χ3v) is 1.29. The number of aryl methyl sites for hydroxylation is 1. The second-order valence-corrected chi connectivity index (χ2v) is 2.54. The minimum atomic E-state index is 0.712. The standard InChI is InChI=1S/C6H7N.C4H9NO/c1-6-4-2-3-5-7-6;1-2-3-5-4-6/h2-5H,1H3;4H,2-3H2,1H3,(H,5,6). The largest absolute Gasteiger partial charge is 0.359 e. The lowest BCUT2D eigenvalue weighted by molar-refractivity contribution is -0.109. The Morgan fingerprint density at radius 2 is 2.31 bits per heavy atom. The molecule has 0 spiro atoms. The van der Waals surface area contributed by atoms with E-state index in [4.69, 9.17) is 0 Å². The van der Waals surface area contributed by atoms with Crippen molar-refractivity contribution in [3.63, 3.8) is 0 Å². The average molecular weight is 180 g/mol. The maximum absolute atomic E-state index is 9.45. The fourth-order valence-electron chi connectivity index (χ4n) is 0.651. The van der Waals surface area contributed by atoms with Gasteiger partial charge in [-0.15, -0.1) is 0 Å². The molecular weight excluding hydrogens is 164 g/mol. The summed E-state index contributed by atoms with van der Waals surface area (Å²) >= 11 is 0. The van der Waals surface area contributed by atoms with Gasteiger partial charge in [-0.05, 0) is 25.5 Å². The van der Waals surface area contributed by atoms with E-state index in [2.05, 4.69) is 10.3 Å². The van der Waals surface area contributed by atoms with Gasteiger partial charge in [-0.2, -0.15) is 0 Å². The third-order valence-electron chi connectivity index (χ3n) is 1.29. The Bertz CT molecular complexity index is 211. The quantitative estimate of drug-likeness (QED) is 0.566. The monoisotopic (exact) mass is 180 g/mol. The van der Waals surface area contributed by atoms with Crippen LogP contribution in [0, 0.1) is 6.92 Å². The Hall–Kier alpha value is -1.38. The summed E-state index contributed by atoms with van der Waals surface area (Å²) in [4.78, 5) is 13.4. The van der Waals surface area contributed by atoms with E-state index in [1.165, 1.54) is 0 Å². The average Bonchev–Trinajstić information content (AvgIpc) is 2.17. The van der Waals surface area contributed by atoms with Gasteiger partial charge in [0, 0.05) is 18.4 Å². The molecule has 1 aromatic rings. The van der Waals surface area contributed by atoms with Crippen LogP contribution in [0.15, 0.2) is 24.4 Å². The predicted molar refractivity (Wildman–Crippen MR) is 53.3 cm³/mol. The molecule has 0 aliphatic carbocycles. The number of aromatic nitrogens is 1. The highest BCUT2D eigenvalue weighted by atomic mass is 16.1. The molecular formula is C10H16N2O. The van der Waals surface area contributed by atoms with E-state index >= 15 is 0 Å². The lowest BCUT2D eigenvalue weighted by Gasteiger charge is -1.86. The molecule has 72 valence electrons. The lowest BCUT2D eigenvalue weighted by Crippen LogP contribution is -2.10. The molecule has 1 amide bonds. The lowest BCUT2D eigenvalue weighted by atomic mass is 10.4. The van der Waals surface area contributed by atoms with Crippen molar-refractivity contribution >= 4 is 6.41 Å². The summed E-state index contributed by atoms with van der Waals surface area (Å²) < 4.78 is 0. The summed E-state index contributed by atoms with van der Waals surface area (Å²) in [6.07, 6.45) is 3.51. The number of nitrogens with zero attached hydrogens (tertiary/aromatic N) is 1. The first-order valence-corrected chi connectivity index (χ1v) is 4.36. The normalized spacial score (nSPS) is 8.15. The van der Waals surface area contributed by atoms with Crippen LogP contribution in [-0.4, -0.2) is 17.9 Å². The molecule has 1 aromatic heterocycles. The Morgan fingerprint density at radius 1 is 1.54 bits per heavy atom. The summed E-state index contributed by atoms with van der Waals surface area (Å²) in [6, 6.07) is 5.86. The summed E-state index contributed by atoms with van der Waals surface area (Å²) in [5.41, 5.74) is 1.07. The summed E-state index contributed by atoms with van der Waals surface area (Å²) in [7, 11) is 0. The highest BCUT2D eigenvalue weighted by Crippen LogP contribution is 1.85. The minimum Gasteiger partial charge on any atom is -0.359 e. The number of hydrogen-bond donors (Lipinski definition) is 1. The zero-order valence-corrected chi connectivity index (χ0v) is 8.16. The smallest absolute Gasteiger partial charge is 0.207 e. The van der Waals surface area contributed by atoms with Crippen molar-refractivity contribution in [3.05, 3.63) is 30.1 Å². The molecule has 0 unspecified atom stereocenters. The van der Waals surface area contributed by atoms with Crippen molar-refractivity contribution < 1.29 is 4.79 Å². The predicted octanol–water partition coefficient (Wildman–Crippen LogP) is 1.53. The number of rotatable bonds is 3. The van der Waals surface area contributed by atoms with Gasteiger partial charge in [-0.25, -0.2) is 0 Å². The highest BCUT2D eigenvalue weighted by Gasteiger charge is 1.73. The van der Waals surface area contributed by atoms with Crippen molar-refractivity contribution in [3.8, 4) is 0 Å². The second kappa shape index (κ2) is 8.71. The van der Waals surface area contributed by atoms with E-state index in [1.807, 2.05) is 32.0 Å². The first-order valence-electron chi connectivity index (χ1n) is 4.36. The number of carbonyl (C=O) groups is 1. The van der Waals surface area contributed by atoms with Crippen LogP contribution >= 0.6 is 0 Å². The van der Waals surface area contributed by atoms with Crippen LogP contribution in [-0.2, 0) is 4.79 Å². The zero-order valence-electron chi connectivity index (χ0n) is 8.16. The number of hydrogen-bond acceptors (Lipinski definition) is 2.